The summed E-state index contributed by atoms with van der Waals surface area (Å²) in [5.74, 6) is 2.10. The van der Waals surface area contributed by atoms with Gasteiger partial charge in [-0.25, -0.2) is 4.98 Å². The lowest BCUT2D eigenvalue weighted by molar-refractivity contribution is 0.633. The highest BCUT2D eigenvalue weighted by atomic mass is 35.5. The largest absolute Gasteiger partial charge is 0.357 e. The van der Waals surface area contributed by atoms with E-state index in [1.165, 1.54) is 0 Å². The van der Waals surface area contributed by atoms with E-state index in [1.54, 1.807) is 7.05 Å². The molecule has 2 aromatic rings. The summed E-state index contributed by atoms with van der Waals surface area (Å²) in [4.78, 5) is 21.3. The average Bonchev–Trinajstić information content (AvgIpc) is 2.55. The number of hydrogen-bond acceptors (Lipinski definition) is 7. The molecule has 0 atom stereocenters. The molecule has 0 radical (unpaired) electrons. The standard InChI is InChI=1S/C13H16ClN7/c1-15-12-17-11(14)18-13(19-12)21-8-6-20(7-9-21)10-4-2-3-5-16-10/h2-5H,6-9H2,1H3,(H,15,17,18,19). The van der Waals surface area contributed by atoms with Gasteiger partial charge < -0.3 is 15.1 Å². The lowest BCUT2D eigenvalue weighted by atomic mass is 10.3. The molecule has 3 rings (SSSR count). The second-order valence-corrected chi connectivity index (χ2v) is 4.98. The third-order valence-electron chi connectivity index (χ3n) is 3.36. The molecular weight excluding hydrogens is 290 g/mol. The van der Waals surface area contributed by atoms with Crippen molar-refractivity contribution in [1.29, 1.82) is 0 Å². The van der Waals surface area contributed by atoms with Crippen LogP contribution in [-0.4, -0.2) is 53.2 Å². The number of nitrogens with zero attached hydrogens (tertiary/aromatic N) is 6. The first-order valence-electron chi connectivity index (χ1n) is 6.76. The molecule has 3 heterocycles. The molecule has 0 spiro atoms. The van der Waals surface area contributed by atoms with Gasteiger partial charge >= 0.3 is 0 Å². The van der Waals surface area contributed by atoms with E-state index >= 15 is 0 Å². The number of nitrogens with one attached hydrogen (secondary N) is 1. The number of hydrogen-bond donors (Lipinski definition) is 1. The Morgan fingerprint density at radius 1 is 1.05 bits per heavy atom. The zero-order valence-corrected chi connectivity index (χ0v) is 12.5. The van der Waals surface area contributed by atoms with Crippen molar-refractivity contribution in [2.45, 2.75) is 0 Å². The SMILES string of the molecule is CNc1nc(Cl)nc(N2CCN(c3ccccn3)CC2)n1. The fraction of sp³-hybridized carbons (Fsp3) is 0.385. The van der Waals surface area contributed by atoms with Crippen molar-refractivity contribution in [3.8, 4) is 0 Å². The molecule has 0 amide bonds. The summed E-state index contributed by atoms with van der Waals surface area (Å²) in [5.41, 5.74) is 0. The molecule has 1 fully saturated rings. The number of piperazine rings is 1. The van der Waals surface area contributed by atoms with Crippen LogP contribution >= 0.6 is 11.6 Å². The van der Waals surface area contributed by atoms with Gasteiger partial charge in [0.2, 0.25) is 17.2 Å². The van der Waals surface area contributed by atoms with Crippen LogP contribution < -0.4 is 15.1 Å². The van der Waals surface area contributed by atoms with Crippen LogP contribution in [0.3, 0.4) is 0 Å². The Labute approximate surface area is 128 Å². The van der Waals surface area contributed by atoms with Crippen molar-refractivity contribution in [3.05, 3.63) is 29.7 Å². The van der Waals surface area contributed by atoms with Crippen LogP contribution in [0, 0.1) is 0 Å². The Kier molecular flexibility index (Phi) is 4.01. The van der Waals surface area contributed by atoms with Crippen molar-refractivity contribution >= 4 is 29.3 Å². The van der Waals surface area contributed by atoms with Crippen LogP contribution in [0.4, 0.5) is 17.7 Å². The summed E-state index contributed by atoms with van der Waals surface area (Å²) >= 11 is 5.92. The monoisotopic (exact) mass is 305 g/mol. The molecule has 0 aliphatic carbocycles. The second-order valence-electron chi connectivity index (χ2n) is 4.64. The van der Waals surface area contributed by atoms with E-state index in [1.807, 2.05) is 24.4 Å². The highest BCUT2D eigenvalue weighted by Gasteiger charge is 2.20. The van der Waals surface area contributed by atoms with E-state index < -0.39 is 0 Å². The lowest BCUT2D eigenvalue weighted by Crippen LogP contribution is -2.47. The third-order valence-corrected chi connectivity index (χ3v) is 3.52. The molecule has 0 aromatic carbocycles. The molecule has 110 valence electrons. The molecule has 2 aromatic heterocycles. The maximum atomic E-state index is 5.92. The van der Waals surface area contributed by atoms with E-state index in [2.05, 4.69) is 35.1 Å². The fourth-order valence-electron chi connectivity index (χ4n) is 2.27. The molecule has 0 unspecified atom stereocenters. The van der Waals surface area contributed by atoms with Gasteiger partial charge in [-0.1, -0.05) is 6.07 Å². The van der Waals surface area contributed by atoms with E-state index in [0.29, 0.717) is 11.9 Å². The molecule has 1 aliphatic rings. The van der Waals surface area contributed by atoms with Gasteiger partial charge in [0.25, 0.3) is 0 Å². The molecule has 7 nitrogen and oxygen atoms in total. The molecule has 1 aliphatic heterocycles. The number of halogens is 1. The predicted molar refractivity (Wildman–Crippen MR) is 83.0 cm³/mol. The van der Waals surface area contributed by atoms with Gasteiger partial charge in [-0.3, -0.25) is 0 Å². The van der Waals surface area contributed by atoms with Gasteiger partial charge in [0.15, 0.2) is 0 Å². The van der Waals surface area contributed by atoms with Gasteiger partial charge in [-0.2, -0.15) is 15.0 Å². The maximum Gasteiger partial charge on any atom is 0.231 e. The topological polar surface area (TPSA) is 70.1 Å². The molecule has 8 heteroatoms. The van der Waals surface area contributed by atoms with Gasteiger partial charge in [0, 0.05) is 39.4 Å². The summed E-state index contributed by atoms with van der Waals surface area (Å²) in [7, 11) is 1.76. The average molecular weight is 306 g/mol. The summed E-state index contributed by atoms with van der Waals surface area (Å²) in [5, 5.41) is 3.09. The predicted octanol–water partition coefficient (Wildman–Crippen LogP) is 1.29. The van der Waals surface area contributed by atoms with Crippen LogP contribution in [0.2, 0.25) is 5.28 Å². The van der Waals surface area contributed by atoms with Crippen molar-refractivity contribution in [2.75, 3.05) is 48.3 Å². The number of pyridine rings is 1. The minimum Gasteiger partial charge on any atom is -0.357 e. The van der Waals surface area contributed by atoms with Crippen LogP contribution in [0.5, 0.6) is 0 Å². The van der Waals surface area contributed by atoms with Crippen LogP contribution in [0.15, 0.2) is 24.4 Å². The van der Waals surface area contributed by atoms with Gasteiger partial charge in [-0.15, -0.1) is 0 Å². The molecule has 0 saturated carbocycles. The normalized spacial score (nSPS) is 15.1. The molecule has 1 saturated heterocycles. The van der Waals surface area contributed by atoms with E-state index in [0.717, 1.165) is 32.0 Å². The number of anilines is 3. The Bertz CT molecular complexity index is 599. The summed E-state index contributed by atoms with van der Waals surface area (Å²) in [6.07, 6.45) is 1.81. The van der Waals surface area contributed by atoms with Crippen molar-refractivity contribution in [2.24, 2.45) is 0 Å². The number of rotatable bonds is 3. The molecule has 0 bridgehead atoms. The minimum atomic E-state index is 0.205. The van der Waals surface area contributed by atoms with E-state index in [9.17, 15) is 0 Å². The van der Waals surface area contributed by atoms with Crippen LogP contribution in [-0.2, 0) is 0 Å². The second kappa shape index (κ2) is 6.09. The molecule has 21 heavy (non-hydrogen) atoms. The Morgan fingerprint density at radius 3 is 2.48 bits per heavy atom. The van der Waals surface area contributed by atoms with Gasteiger partial charge in [0.1, 0.15) is 5.82 Å². The van der Waals surface area contributed by atoms with Crippen LogP contribution in [0.25, 0.3) is 0 Å². The van der Waals surface area contributed by atoms with Gasteiger partial charge in [0.05, 0.1) is 0 Å². The highest BCUT2D eigenvalue weighted by molar-refractivity contribution is 6.28. The van der Waals surface area contributed by atoms with Crippen molar-refractivity contribution < 1.29 is 0 Å². The Morgan fingerprint density at radius 2 is 1.81 bits per heavy atom. The third kappa shape index (κ3) is 3.13. The first kappa shape index (κ1) is 13.8. The zero-order chi connectivity index (χ0) is 14.7. The molecule has 1 N–H and O–H groups in total. The highest BCUT2D eigenvalue weighted by Crippen LogP contribution is 2.18. The quantitative estimate of drug-likeness (QED) is 0.916. The zero-order valence-electron chi connectivity index (χ0n) is 11.7. The lowest BCUT2D eigenvalue weighted by Gasteiger charge is -2.35. The van der Waals surface area contributed by atoms with Crippen LogP contribution in [0.1, 0.15) is 0 Å². The van der Waals surface area contributed by atoms with Crippen molar-refractivity contribution in [3.63, 3.8) is 0 Å². The summed E-state index contributed by atoms with van der Waals surface area (Å²) in [6, 6.07) is 5.94. The molecular formula is C13H16ClN7. The summed E-state index contributed by atoms with van der Waals surface area (Å²) in [6.45, 7) is 3.38. The van der Waals surface area contributed by atoms with Crippen molar-refractivity contribution in [1.82, 2.24) is 19.9 Å². The maximum absolute atomic E-state index is 5.92. The Hall–Kier alpha value is -2.15. The first-order valence-corrected chi connectivity index (χ1v) is 7.14. The summed E-state index contributed by atoms with van der Waals surface area (Å²) < 4.78 is 0. The first-order chi connectivity index (χ1) is 10.3. The van der Waals surface area contributed by atoms with E-state index in [-0.39, 0.29) is 5.28 Å². The minimum absolute atomic E-state index is 0.205. The number of aromatic nitrogens is 4. The smallest absolute Gasteiger partial charge is 0.231 e. The van der Waals surface area contributed by atoms with E-state index in [4.69, 9.17) is 11.6 Å². The van der Waals surface area contributed by atoms with Gasteiger partial charge in [-0.05, 0) is 23.7 Å². The Balaban J connectivity index is 1.70. The fourth-order valence-corrected chi connectivity index (χ4v) is 2.42.